The molecule has 3 amide bonds. The largest absolute Gasteiger partial charge is 0.480 e. The van der Waals surface area contributed by atoms with Gasteiger partial charge in [0.25, 0.3) is 0 Å². The highest BCUT2D eigenvalue weighted by atomic mass is 16.5. The lowest BCUT2D eigenvalue weighted by Crippen LogP contribution is -2.47. The number of amides is 3. The van der Waals surface area contributed by atoms with Gasteiger partial charge in [-0.1, -0.05) is 5.16 Å². The van der Waals surface area contributed by atoms with Crippen LogP contribution < -0.4 is 16.4 Å². The molecule has 0 aliphatic carbocycles. The van der Waals surface area contributed by atoms with Gasteiger partial charge in [0.2, 0.25) is 5.91 Å². The number of aromatic nitrogens is 1. The summed E-state index contributed by atoms with van der Waals surface area (Å²) in [6.45, 7) is 0.0746. The standard InChI is InChI=1S/C9H12N4O5/c10-7(14)3-6(8(15)16)12-9(17)11-4-5-1-2-18-13-5/h1-2,6H,3-4H2,(H2,10,14)(H,15,16)(H2,11,12,17)/t6-/m0/s1. The average Bonchev–Trinajstić information content (AvgIpc) is 2.77. The first-order valence-electron chi connectivity index (χ1n) is 4.93. The number of hydrogen-bond acceptors (Lipinski definition) is 5. The van der Waals surface area contributed by atoms with Crippen LogP contribution in [-0.4, -0.2) is 34.2 Å². The van der Waals surface area contributed by atoms with E-state index in [9.17, 15) is 14.4 Å². The molecule has 1 aromatic rings. The molecule has 0 radical (unpaired) electrons. The summed E-state index contributed by atoms with van der Waals surface area (Å²) in [5.74, 6) is -2.16. The Morgan fingerprint density at radius 3 is 2.72 bits per heavy atom. The lowest BCUT2D eigenvalue weighted by Gasteiger charge is -2.12. The number of rotatable bonds is 6. The number of nitrogens with two attached hydrogens (primary N) is 1. The van der Waals surface area contributed by atoms with Crippen molar-refractivity contribution in [1.82, 2.24) is 15.8 Å². The molecular formula is C9H12N4O5. The van der Waals surface area contributed by atoms with Gasteiger partial charge in [0.05, 0.1) is 13.0 Å². The third-order valence-electron chi connectivity index (χ3n) is 1.93. The number of carboxylic acid groups (broad SMARTS) is 1. The molecule has 0 bridgehead atoms. The summed E-state index contributed by atoms with van der Waals surface area (Å²) in [6, 6.07) is -0.565. The topological polar surface area (TPSA) is 148 Å². The summed E-state index contributed by atoms with van der Waals surface area (Å²) >= 11 is 0. The number of hydrogen-bond donors (Lipinski definition) is 4. The van der Waals surface area contributed by atoms with E-state index in [0.29, 0.717) is 5.69 Å². The first-order chi connectivity index (χ1) is 8.49. The fourth-order valence-corrected chi connectivity index (χ4v) is 1.11. The Balaban J connectivity index is 2.41. The zero-order valence-corrected chi connectivity index (χ0v) is 9.25. The molecule has 9 nitrogen and oxygen atoms in total. The second-order valence-electron chi connectivity index (χ2n) is 3.38. The van der Waals surface area contributed by atoms with Crippen molar-refractivity contribution in [2.75, 3.05) is 0 Å². The van der Waals surface area contributed by atoms with E-state index in [1.165, 1.54) is 6.26 Å². The summed E-state index contributed by atoms with van der Waals surface area (Å²) in [7, 11) is 0. The van der Waals surface area contributed by atoms with Crippen LogP contribution in [0.15, 0.2) is 16.9 Å². The lowest BCUT2D eigenvalue weighted by atomic mass is 10.2. The maximum Gasteiger partial charge on any atom is 0.326 e. The van der Waals surface area contributed by atoms with Gasteiger partial charge in [-0.05, 0) is 0 Å². The minimum absolute atomic E-state index is 0.0746. The van der Waals surface area contributed by atoms with E-state index in [1.54, 1.807) is 6.07 Å². The van der Waals surface area contributed by atoms with E-state index in [-0.39, 0.29) is 6.54 Å². The molecule has 1 atom stereocenters. The molecule has 1 heterocycles. The van der Waals surface area contributed by atoms with E-state index >= 15 is 0 Å². The monoisotopic (exact) mass is 256 g/mol. The molecule has 0 fully saturated rings. The quantitative estimate of drug-likeness (QED) is 0.502. The van der Waals surface area contributed by atoms with Crippen molar-refractivity contribution in [2.45, 2.75) is 19.0 Å². The van der Waals surface area contributed by atoms with Gasteiger partial charge in [0, 0.05) is 6.07 Å². The molecule has 1 rings (SSSR count). The van der Waals surface area contributed by atoms with E-state index in [4.69, 9.17) is 10.8 Å². The zero-order chi connectivity index (χ0) is 13.5. The highest BCUT2D eigenvalue weighted by Crippen LogP contribution is 1.94. The normalized spacial score (nSPS) is 11.6. The molecule has 98 valence electrons. The van der Waals surface area contributed by atoms with Crippen molar-refractivity contribution in [2.24, 2.45) is 5.73 Å². The molecule has 9 heteroatoms. The van der Waals surface area contributed by atoms with Crippen LogP contribution in [0, 0.1) is 0 Å². The molecule has 18 heavy (non-hydrogen) atoms. The smallest absolute Gasteiger partial charge is 0.326 e. The van der Waals surface area contributed by atoms with Gasteiger partial charge in [-0.15, -0.1) is 0 Å². The molecule has 0 unspecified atom stereocenters. The Hall–Kier alpha value is -2.58. The number of nitrogens with one attached hydrogen (secondary N) is 2. The van der Waals surface area contributed by atoms with Crippen molar-refractivity contribution < 1.29 is 24.0 Å². The molecule has 1 aromatic heterocycles. The number of carboxylic acids is 1. The van der Waals surface area contributed by atoms with Crippen LogP contribution in [0.4, 0.5) is 4.79 Å². The fourth-order valence-electron chi connectivity index (χ4n) is 1.11. The number of urea groups is 1. The van der Waals surface area contributed by atoms with Gasteiger partial charge in [-0.25, -0.2) is 9.59 Å². The van der Waals surface area contributed by atoms with Crippen LogP contribution >= 0.6 is 0 Å². The number of aliphatic carboxylic acids is 1. The molecular weight excluding hydrogens is 244 g/mol. The van der Waals surface area contributed by atoms with E-state index in [2.05, 4.69) is 20.3 Å². The predicted octanol–water partition coefficient (Wildman–Crippen LogP) is -1.20. The van der Waals surface area contributed by atoms with Gasteiger partial charge in [0.1, 0.15) is 18.0 Å². The van der Waals surface area contributed by atoms with Gasteiger partial charge in [0.15, 0.2) is 0 Å². The molecule has 0 aromatic carbocycles. The van der Waals surface area contributed by atoms with E-state index < -0.39 is 30.4 Å². The summed E-state index contributed by atoms with van der Waals surface area (Å²) in [5, 5.41) is 16.7. The van der Waals surface area contributed by atoms with Crippen LogP contribution in [-0.2, 0) is 16.1 Å². The molecule has 0 aliphatic rings. The van der Waals surface area contributed by atoms with E-state index in [0.717, 1.165) is 0 Å². The number of nitrogens with zero attached hydrogens (tertiary/aromatic N) is 1. The predicted molar refractivity (Wildman–Crippen MR) is 57.1 cm³/mol. The Morgan fingerprint density at radius 1 is 1.50 bits per heavy atom. The Morgan fingerprint density at radius 2 is 2.22 bits per heavy atom. The molecule has 0 saturated heterocycles. The third kappa shape index (κ3) is 4.51. The van der Waals surface area contributed by atoms with Gasteiger partial charge >= 0.3 is 12.0 Å². The van der Waals surface area contributed by atoms with Crippen LogP contribution in [0.5, 0.6) is 0 Å². The zero-order valence-electron chi connectivity index (χ0n) is 9.25. The van der Waals surface area contributed by atoms with Crippen molar-refractivity contribution in [3.8, 4) is 0 Å². The third-order valence-corrected chi connectivity index (χ3v) is 1.93. The van der Waals surface area contributed by atoms with Crippen molar-refractivity contribution in [1.29, 1.82) is 0 Å². The summed E-state index contributed by atoms with van der Waals surface area (Å²) in [5.41, 5.74) is 5.34. The molecule has 0 aliphatic heterocycles. The number of primary amides is 1. The van der Waals surface area contributed by atoms with Crippen LogP contribution in [0.3, 0.4) is 0 Å². The van der Waals surface area contributed by atoms with Gasteiger partial charge < -0.3 is 26.0 Å². The van der Waals surface area contributed by atoms with Crippen LogP contribution in [0.2, 0.25) is 0 Å². The lowest BCUT2D eigenvalue weighted by molar-refractivity contribution is -0.140. The summed E-state index contributed by atoms with van der Waals surface area (Å²) in [4.78, 5) is 32.7. The highest BCUT2D eigenvalue weighted by Gasteiger charge is 2.21. The number of carbonyl (C=O) groups is 3. The molecule has 5 N–H and O–H groups in total. The molecule has 0 spiro atoms. The second-order valence-corrected chi connectivity index (χ2v) is 3.38. The second kappa shape index (κ2) is 6.23. The Kier molecular flexibility index (Phi) is 4.67. The molecule has 0 saturated carbocycles. The van der Waals surface area contributed by atoms with Crippen LogP contribution in [0.25, 0.3) is 0 Å². The minimum Gasteiger partial charge on any atom is -0.480 e. The van der Waals surface area contributed by atoms with Gasteiger partial charge in [-0.3, -0.25) is 4.79 Å². The Bertz CT molecular complexity index is 430. The maximum absolute atomic E-state index is 11.3. The Labute approximate surface area is 101 Å². The van der Waals surface area contributed by atoms with E-state index in [1.807, 2.05) is 0 Å². The summed E-state index contributed by atoms with van der Waals surface area (Å²) in [6.07, 6.45) is 0.856. The highest BCUT2D eigenvalue weighted by molar-refractivity contribution is 5.87. The van der Waals surface area contributed by atoms with Gasteiger partial charge in [-0.2, -0.15) is 0 Å². The number of carbonyl (C=O) groups excluding carboxylic acids is 2. The van der Waals surface area contributed by atoms with Crippen molar-refractivity contribution in [3.63, 3.8) is 0 Å². The SMILES string of the molecule is NC(=O)C[C@H](NC(=O)NCc1ccon1)C(=O)O. The average molecular weight is 256 g/mol. The minimum atomic E-state index is -1.36. The van der Waals surface area contributed by atoms with Crippen LogP contribution in [0.1, 0.15) is 12.1 Å². The maximum atomic E-state index is 11.3. The van der Waals surface area contributed by atoms with Crippen molar-refractivity contribution in [3.05, 3.63) is 18.0 Å². The first-order valence-corrected chi connectivity index (χ1v) is 4.93. The summed E-state index contributed by atoms with van der Waals surface area (Å²) < 4.78 is 4.54. The first kappa shape index (κ1) is 13.5. The fraction of sp³-hybridized carbons (Fsp3) is 0.333. The van der Waals surface area contributed by atoms with Crippen molar-refractivity contribution >= 4 is 17.9 Å².